The number of aromatic nitrogens is 1. The second-order valence-corrected chi connectivity index (χ2v) is 11.0. The van der Waals surface area contributed by atoms with Crippen molar-refractivity contribution in [2.75, 3.05) is 4.90 Å². The van der Waals surface area contributed by atoms with Crippen LogP contribution >= 0.6 is 22.6 Å². The number of halogens is 2. The molecule has 0 bridgehead atoms. The van der Waals surface area contributed by atoms with E-state index in [1.54, 1.807) is 0 Å². The predicted molar refractivity (Wildman–Crippen MR) is 174 cm³/mol. The lowest BCUT2D eigenvalue weighted by Gasteiger charge is -2.26. The van der Waals surface area contributed by atoms with Gasteiger partial charge in [0.05, 0.1) is 11.0 Å². The van der Waals surface area contributed by atoms with E-state index < -0.39 is 0 Å². The molecule has 0 atom stereocenters. The van der Waals surface area contributed by atoms with Crippen LogP contribution in [0.3, 0.4) is 0 Å². The minimum atomic E-state index is -0.238. The molecule has 0 amide bonds. The average Bonchev–Trinajstić information content (AvgIpc) is 3.33. The zero-order valence-electron chi connectivity index (χ0n) is 21.5. The zero-order valence-corrected chi connectivity index (χ0v) is 23.7. The summed E-state index contributed by atoms with van der Waals surface area (Å²) in [5, 5.41) is 2.31. The van der Waals surface area contributed by atoms with Gasteiger partial charge in [0.15, 0.2) is 0 Å². The molecule has 0 spiro atoms. The van der Waals surface area contributed by atoms with E-state index in [-0.39, 0.29) is 5.82 Å². The molecule has 0 aliphatic heterocycles. The summed E-state index contributed by atoms with van der Waals surface area (Å²) < 4.78 is 17.2. The number of nitrogens with zero attached hydrogens (tertiary/aromatic N) is 2. The van der Waals surface area contributed by atoms with Crippen molar-refractivity contribution in [2.24, 2.45) is 0 Å². The van der Waals surface area contributed by atoms with Crippen LogP contribution in [0.15, 0.2) is 146 Å². The van der Waals surface area contributed by atoms with Gasteiger partial charge in [0.25, 0.3) is 0 Å². The molecule has 6 aromatic carbocycles. The Hall–Kier alpha value is -4.42. The molecule has 0 saturated heterocycles. The third-order valence-corrected chi connectivity index (χ3v) is 8.04. The maximum atomic E-state index is 13.7. The van der Waals surface area contributed by atoms with Gasteiger partial charge in [-0.2, -0.15) is 0 Å². The van der Waals surface area contributed by atoms with Crippen LogP contribution in [-0.4, -0.2) is 4.57 Å². The summed E-state index contributed by atoms with van der Waals surface area (Å²) in [4.78, 5) is 2.29. The van der Waals surface area contributed by atoms with Crippen molar-refractivity contribution in [3.63, 3.8) is 0 Å². The molecule has 7 aromatic rings. The van der Waals surface area contributed by atoms with Crippen LogP contribution < -0.4 is 4.90 Å². The molecule has 1 heterocycles. The molecule has 4 heteroatoms. The van der Waals surface area contributed by atoms with Crippen LogP contribution in [0.4, 0.5) is 21.5 Å². The smallest absolute Gasteiger partial charge is 0.123 e. The molecule has 1 aromatic heterocycles. The molecule has 0 radical (unpaired) electrons. The van der Waals surface area contributed by atoms with Crippen LogP contribution in [0.2, 0.25) is 0 Å². The first kappa shape index (κ1) is 24.6. The standard InChI is InChI=1S/C36H24FIN2/c37-27-14-20-31(21-15-27)40-35-9-5-4-8-33(35)34-24-32(22-23-36(34)40)39(29-6-2-1-3-7-29)30-18-12-26(13-19-30)25-10-16-28(38)17-11-25/h1-24H. The highest BCUT2D eigenvalue weighted by molar-refractivity contribution is 14.1. The lowest BCUT2D eigenvalue weighted by Crippen LogP contribution is -2.09. The molecule has 0 N–H and O–H groups in total. The van der Waals surface area contributed by atoms with E-state index in [4.69, 9.17) is 0 Å². The summed E-state index contributed by atoms with van der Waals surface area (Å²) >= 11 is 2.34. The summed E-state index contributed by atoms with van der Waals surface area (Å²) in [5.74, 6) is -0.238. The summed E-state index contributed by atoms with van der Waals surface area (Å²) in [6.07, 6.45) is 0. The molecule has 0 aliphatic rings. The van der Waals surface area contributed by atoms with E-state index >= 15 is 0 Å². The molecular formula is C36H24FIN2. The Morgan fingerprint density at radius 3 is 1.80 bits per heavy atom. The number of hydrogen-bond acceptors (Lipinski definition) is 1. The maximum Gasteiger partial charge on any atom is 0.123 e. The number of fused-ring (bicyclic) bond motifs is 3. The number of hydrogen-bond donors (Lipinski definition) is 0. The lowest BCUT2D eigenvalue weighted by molar-refractivity contribution is 0.627. The van der Waals surface area contributed by atoms with Crippen molar-refractivity contribution in [1.29, 1.82) is 0 Å². The third-order valence-electron chi connectivity index (χ3n) is 7.32. The average molecular weight is 631 g/mol. The summed E-state index contributed by atoms with van der Waals surface area (Å²) in [6, 6.07) is 49.5. The lowest BCUT2D eigenvalue weighted by atomic mass is 10.0. The van der Waals surface area contributed by atoms with Crippen LogP contribution in [0, 0.1) is 9.39 Å². The van der Waals surface area contributed by atoms with Gasteiger partial charge >= 0.3 is 0 Å². The van der Waals surface area contributed by atoms with Crippen molar-refractivity contribution in [3.05, 3.63) is 155 Å². The van der Waals surface area contributed by atoms with Crippen molar-refractivity contribution in [3.8, 4) is 16.8 Å². The van der Waals surface area contributed by atoms with E-state index in [2.05, 4.69) is 141 Å². The molecule has 7 rings (SSSR count). The quantitative estimate of drug-likeness (QED) is 0.172. The Labute approximate surface area is 246 Å². The fourth-order valence-electron chi connectivity index (χ4n) is 5.44. The van der Waals surface area contributed by atoms with Gasteiger partial charge in [-0.1, -0.05) is 60.7 Å². The Balaban J connectivity index is 1.39. The summed E-state index contributed by atoms with van der Waals surface area (Å²) in [6.45, 7) is 0. The van der Waals surface area contributed by atoms with E-state index in [1.807, 2.05) is 24.3 Å². The second kappa shape index (κ2) is 10.3. The van der Waals surface area contributed by atoms with E-state index in [9.17, 15) is 4.39 Å². The normalized spacial score (nSPS) is 11.2. The number of benzene rings is 6. The van der Waals surface area contributed by atoms with Crippen LogP contribution in [0.1, 0.15) is 0 Å². The molecule has 192 valence electrons. The highest BCUT2D eigenvalue weighted by Gasteiger charge is 2.17. The van der Waals surface area contributed by atoms with E-state index in [0.717, 1.165) is 44.6 Å². The third kappa shape index (κ3) is 4.44. The highest BCUT2D eigenvalue weighted by atomic mass is 127. The Morgan fingerprint density at radius 2 is 1.07 bits per heavy atom. The largest absolute Gasteiger partial charge is 0.310 e. The summed E-state index contributed by atoms with van der Waals surface area (Å²) in [5.41, 5.74) is 8.75. The predicted octanol–water partition coefficient (Wildman–Crippen LogP) is 10.7. The van der Waals surface area contributed by atoms with Gasteiger partial charge in [0, 0.05) is 37.1 Å². The fraction of sp³-hybridized carbons (Fsp3) is 0. The van der Waals surface area contributed by atoms with Crippen molar-refractivity contribution >= 4 is 61.5 Å². The molecule has 0 unspecified atom stereocenters. The Bertz CT molecular complexity index is 1940. The van der Waals surface area contributed by atoms with Crippen molar-refractivity contribution in [2.45, 2.75) is 0 Å². The van der Waals surface area contributed by atoms with Gasteiger partial charge < -0.3 is 9.47 Å². The SMILES string of the molecule is Fc1ccc(-n2c3ccccc3c3cc(N(c4ccccc4)c4ccc(-c5ccc(I)cc5)cc4)ccc32)cc1. The number of para-hydroxylation sites is 2. The first-order chi connectivity index (χ1) is 19.7. The van der Waals surface area contributed by atoms with Gasteiger partial charge in [-0.25, -0.2) is 4.39 Å². The van der Waals surface area contributed by atoms with E-state index in [0.29, 0.717) is 0 Å². The van der Waals surface area contributed by atoms with Crippen molar-refractivity contribution < 1.29 is 4.39 Å². The minimum absolute atomic E-state index is 0.238. The first-order valence-corrected chi connectivity index (χ1v) is 14.2. The van der Waals surface area contributed by atoms with Crippen molar-refractivity contribution in [1.82, 2.24) is 4.57 Å². The van der Waals surface area contributed by atoms with Gasteiger partial charge in [-0.05, 0) is 119 Å². The van der Waals surface area contributed by atoms with Gasteiger partial charge in [-0.3, -0.25) is 0 Å². The van der Waals surface area contributed by atoms with Crippen LogP contribution in [-0.2, 0) is 0 Å². The minimum Gasteiger partial charge on any atom is -0.310 e. The molecule has 0 fully saturated rings. The maximum absolute atomic E-state index is 13.7. The fourth-order valence-corrected chi connectivity index (χ4v) is 5.80. The molecule has 2 nitrogen and oxygen atoms in total. The Kier molecular flexibility index (Phi) is 6.33. The molecular weight excluding hydrogens is 606 g/mol. The first-order valence-electron chi connectivity index (χ1n) is 13.2. The number of anilines is 3. The van der Waals surface area contributed by atoms with Crippen LogP contribution in [0.25, 0.3) is 38.6 Å². The van der Waals surface area contributed by atoms with E-state index in [1.165, 1.54) is 26.8 Å². The second-order valence-electron chi connectivity index (χ2n) is 9.76. The highest BCUT2D eigenvalue weighted by Crippen LogP contribution is 2.40. The van der Waals surface area contributed by atoms with Gasteiger partial charge in [0.2, 0.25) is 0 Å². The molecule has 0 saturated carbocycles. The zero-order chi connectivity index (χ0) is 27.1. The number of rotatable bonds is 5. The van der Waals surface area contributed by atoms with Gasteiger partial charge in [-0.15, -0.1) is 0 Å². The van der Waals surface area contributed by atoms with Crippen LogP contribution in [0.5, 0.6) is 0 Å². The monoisotopic (exact) mass is 630 g/mol. The summed E-state index contributed by atoms with van der Waals surface area (Å²) in [7, 11) is 0. The van der Waals surface area contributed by atoms with Gasteiger partial charge in [0.1, 0.15) is 5.82 Å². The molecule has 40 heavy (non-hydrogen) atoms. The topological polar surface area (TPSA) is 8.17 Å². The Morgan fingerprint density at radius 1 is 0.500 bits per heavy atom. The molecule has 0 aliphatic carbocycles.